The number of nitrogens with zero attached hydrogens (tertiary/aromatic N) is 4. The van der Waals surface area contributed by atoms with E-state index in [1.165, 1.54) is 6.33 Å². The van der Waals surface area contributed by atoms with E-state index < -0.39 is 0 Å². The molecule has 5 rings (SSSR count). The summed E-state index contributed by atoms with van der Waals surface area (Å²) in [6.07, 6.45) is 1.52. The molecule has 34 heavy (non-hydrogen) atoms. The molecule has 4 aromatic rings. The molecule has 2 aromatic heterocycles. The number of hydrogen-bond acceptors (Lipinski definition) is 9. The summed E-state index contributed by atoms with van der Waals surface area (Å²) in [4.78, 5) is 15.8. The minimum Gasteiger partial charge on any atom is -0.493 e. The van der Waals surface area contributed by atoms with Crippen molar-refractivity contribution in [3.8, 4) is 11.5 Å². The molecule has 1 aliphatic rings. The molecule has 8 nitrogen and oxygen atoms in total. The fraction of sp³-hybridized carbons (Fsp3) is 0.292. The minimum absolute atomic E-state index is 0.334. The molecule has 0 spiro atoms. The van der Waals surface area contributed by atoms with Gasteiger partial charge < -0.3 is 24.4 Å². The molecule has 3 heterocycles. The zero-order valence-electron chi connectivity index (χ0n) is 18.9. The van der Waals surface area contributed by atoms with Crippen molar-refractivity contribution in [2.75, 3.05) is 43.6 Å². The predicted molar refractivity (Wildman–Crippen MR) is 135 cm³/mol. The van der Waals surface area contributed by atoms with Crippen molar-refractivity contribution in [1.29, 1.82) is 0 Å². The molecule has 0 radical (unpaired) electrons. The van der Waals surface area contributed by atoms with Crippen LogP contribution in [0.5, 0.6) is 11.5 Å². The Morgan fingerprint density at radius 2 is 2.00 bits per heavy atom. The maximum absolute atomic E-state index is 6.28. The molecule has 10 heteroatoms. The Bertz CT molecular complexity index is 1310. The van der Waals surface area contributed by atoms with Crippen molar-refractivity contribution in [3.05, 3.63) is 58.3 Å². The standard InChI is InChI=1S/C24H24ClN5O3S/c1-15-3-4-16(9-19(15)25)28-23-18-10-21(31-2)22(11-20(18)26-14-27-23)33-12-17-13-34-24(29-17)30-5-7-32-8-6-30/h3-4,9-11,13-14H,5-8,12H2,1-2H3,(H,26,27,28). The second-order valence-corrected chi connectivity index (χ2v) is 9.08. The topological polar surface area (TPSA) is 81.6 Å². The average molecular weight is 498 g/mol. The molecule has 0 atom stereocenters. The van der Waals surface area contributed by atoms with E-state index >= 15 is 0 Å². The number of methoxy groups -OCH3 is 1. The summed E-state index contributed by atoms with van der Waals surface area (Å²) in [6, 6.07) is 9.53. The van der Waals surface area contributed by atoms with Crippen LogP contribution in [0.15, 0.2) is 42.0 Å². The number of nitrogens with one attached hydrogen (secondary N) is 1. The van der Waals surface area contributed by atoms with Crippen LogP contribution < -0.4 is 19.7 Å². The zero-order chi connectivity index (χ0) is 23.5. The summed E-state index contributed by atoms with van der Waals surface area (Å²) in [5.41, 5.74) is 3.46. The first-order valence-electron chi connectivity index (χ1n) is 10.9. The molecule has 0 amide bonds. The van der Waals surface area contributed by atoms with Gasteiger partial charge in [-0.15, -0.1) is 11.3 Å². The molecule has 1 saturated heterocycles. The highest BCUT2D eigenvalue weighted by molar-refractivity contribution is 7.13. The third kappa shape index (κ3) is 4.86. The number of anilines is 3. The van der Waals surface area contributed by atoms with Gasteiger partial charge in [-0.1, -0.05) is 17.7 Å². The molecule has 1 fully saturated rings. The number of halogens is 1. The largest absolute Gasteiger partial charge is 0.493 e. The highest BCUT2D eigenvalue weighted by Crippen LogP contribution is 2.35. The van der Waals surface area contributed by atoms with E-state index in [1.54, 1.807) is 18.4 Å². The van der Waals surface area contributed by atoms with Gasteiger partial charge in [-0.25, -0.2) is 15.0 Å². The number of ether oxygens (including phenoxy) is 3. The minimum atomic E-state index is 0.334. The lowest BCUT2D eigenvalue weighted by Crippen LogP contribution is -2.36. The summed E-state index contributed by atoms with van der Waals surface area (Å²) in [5, 5.41) is 7.84. The molecule has 0 bridgehead atoms. The number of morpholine rings is 1. The first-order valence-corrected chi connectivity index (χ1v) is 12.1. The summed E-state index contributed by atoms with van der Waals surface area (Å²) >= 11 is 7.89. The summed E-state index contributed by atoms with van der Waals surface area (Å²) in [5.74, 6) is 1.85. The molecular formula is C24H24ClN5O3S. The van der Waals surface area contributed by atoms with E-state index in [0.717, 1.165) is 59.3 Å². The Morgan fingerprint density at radius 3 is 2.79 bits per heavy atom. The van der Waals surface area contributed by atoms with E-state index in [1.807, 2.05) is 42.6 Å². The zero-order valence-corrected chi connectivity index (χ0v) is 20.4. The lowest BCUT2D eigenvalue weighted by atomic mass is 10.2. The number of aromatic nitrogens is 3. The molecule has 0 saturated carbocycles. The third-order valence-corrected chi connectivity index (χ3v) is 6.91. The van der Waals surface area contributed by atoms with E-state index in [4.69, 9.17) is 30.8 Å². The van der Waals surface area contributed by atoms with Crippen LogP contribution in [0, 0.1) is 6.92 Å². The van der Waals surface area contributed by atoms with E-state index in [-0.39, 0.29) is 0 Å². The highest BCUT2D eigenvalue weighted by atomic mass is 35.5. The van der Waals surface area contributed by atoms with Gasteiger partial charge in [0, 0.05) is 40.6 Å². The normalized spacial score (nSPS) is 13.8. The molecule has 2 aromatic carbocycles. The van der Waals surface area contributed by atoms with E-state index in [2.05, 4.69) is 20.2 Å². The number of benzene rings is 2. The van der Waals surface area contributed by atoms with Gasteiger partial charge in [0.1, 0.15) is 18.8 Å². The van der Waals surface area contributed by atoms with Gasteiger partial charge in [0.25, 0.3) is 0 Å². The quantitative estimate of drug-likeness (QED) is 0.372. The Labute approximate surface area is 206 Å². The molecule has 1 N–H and O–H groups in total. The van der Waals surface area contributed by atoms with Gasteiger partial charge in [0.2, 0.25) is 0 Å². The fourth-order valence-corrected chi connectivity index (χ4v) is 4.70. The number of fused-ring (bicyclic) bond motifs is 1. The van der Waals surface area contributed by atoms with Crippen LogP contribution in [0.2, 0.25) is 5.02 Å². The van der Waals surface area contributed by atoms with Gasteiger partial charge >= 0.3 is 0 Å². The second kappa shape index (κ2) is 10.0. The molecule has 0 aliphatic carbocycles. The molecule has 0 unspecified atom stereocenters. The summed E-state index contributed by atoms with van der Waals surface area (Å²) < 4.78 is 17.1. The van der Waals surface area contributed by atoms with Crippen LogP contribution in [0.4, 0.5) is 16.6 Å². The maximum Gasteiger partial charge on any atom is 0.185 e. The number of hydrogen-bond donors (Lipinski definition) is 1. The first-order chi connectivity index (χ1) is 16.6. The van der Waals surface area contributed by atoms with Gasteiger partial charge in [-0.3, -0.25) is 0 Å². The summed E-state index contributed by atoms with van der Waals surface area (Å²) in [6.45, 7) is 5.48. The van der Waals surface area contributed by atoms with Crippen molar-refractivity contribution < 1.29 is 14.2 Å². The Kier molecular flexibility index (Phi) is 6.66. The summed E-state index contributed by atoms with van der Waals surface area (Å²) in [7, 11) is 1.62. The monoisotopic (exact) mass is 497 g/mol. The van der Waals surface area contributed by atoms with Crippen molar-refractivity contribution in [2.45, 2.75) is 13.5 Å². The van der Waals surface area contributed by atoms with E-state index in [9.17, 15) is 0 Å². The van der Waals surface area contributed by atoms with Gasteiger partial charge in [0.05, 0.1) is 31.5 Å². The second-order valence-electron chi connectivity index (χ2n) is 7.84. The smallest absolute Gasteiger partial charge is 0.185 e. The predicted octanol–water partition coefficient (Wildman–Crippen LogP) is 5.22. The van der Waals surface area contributed by atoms with E-state index in [0.29, 0.717) is 28.9 Å². The number of thiazole rings is 1. The number of rotatable bonds is 7. The molecule has 1 aliphatic heterocycles. The Balaban J connectivity index is 1.36. The molecule has 176 valence electrons. The van der Waals surface area contributed by atoms with Crippen LogP contribution in [-0.2, 0) is 11.3 Å². The lowest BCUT2D eigenvalue weighted by molar-refractivity contribution is 0.122. The van der Waals surface area contributed by atoms with Gasteiger partial charge in [0.15, 0.2) is 16.6 Å². The van der Waals surface area contributed by atoms with Crippen LogP contribution in [0.25, 0.3) is 10.9 Å². The molecular weight excluding hydrogens is 474 g/mol. The van der Waals surface area contributed by atoms with Gasteiger partial charge in [-0.2, -0.15) is 0 Å². The SMILES string of the molecule is COc1cc2c(Nc3ccc(C)c(Cl)c3)ncnc2cc1OCc1csc(N2CCOCC2)n1. The van der Waals surface area contributed by atoms with Crippen molar-refractivity contribution in [1.82, 2.24) is 15.0 Å². The van der Waals surface area contributed by atoms with Crippen molar-refractivity contribution in [3.63, 3.8) is 0 Å². The van der Waals surface area contributed by atoms with Crippen molar-refractivity contribution in [2.24, 2.45) is 0 Å². The van der Waals surface area contributed by atoms with Crippen molar-refractivity contribution >= 4 is 50.5 Å². The first kappa shape index (κ1) is 22.6. The maximum atomic E-state index is 6.28. The average Bonchev–Trinajstić information content (AvgIpc) is 3.34. The Morgan fingerprint density at radius 1 is 1.15 bits per heavy atom. The lowest BCUT2D eigenvalue weighted by Gasteiger charge is -2.26. The highest BCUT2D eigenvalue weighted by Gasteiger charge is 2.16. The third-order valence-electron chi connectivity index (χ3n) is 5.55. The van der Waals surface area contributed by atoms with Crippen LogP contribution in [0.3, 0.4) is 0 Å². The Hall–Kier alpha value is -3.14. The van der Waals surface area contributed by atoms with Crippen LogP contribution >= 0.6 is 22.9 Å². The fourth-order valence-electron chi connectivity index (χ4n) is 3.66. The van der Waals surface area contributed by atoms with Crippen LogP contribution in [-0.4, -0.2) is 48.4 Å². The van der Waals surface area contributed by atoms with Crippen LogP contribution in [0.1, 0.15) is 11.3 Å². The van der Waals surface area contributed by atoms with Gasteiger partial charge in [-0.05, 0) is 30.7 Å². The number of aryl methyl sites for hydroxylation is 1.